The molecule has 0 radical (unpaired) electrons. The number of hydrogen-bond acceptors (Lipinski definition) is 7. The van der Waals surface area contributed by atoms with E-state index in [1.807, 2.05) is 25.2 Å². The zero-order chi connectivity index (χ0) is 26.6. The van der Waals surface area contributed by atoms with Crippen LogP contribution in [-0.2, 0) is 11.8 Å². The van der Waals surface area contributed by atoms with Gasteiger partial charge in [0.25, 0.3) is 0 Å². The first kappa shape index (κ1) is 25.3. The van der Waals surface area contributed by atoms with Gasteiger partial charge in [-0.1, -0.05) is 24.8 Å². The molecule has 5 rings (SSSR count). The predicted molar refractivity (Wildman–Crippen MR) is 150 cm³/mol. The number of nitrogens with zero attached hydrogens (tertiary/aromatic N) is 4. The molecule has 4 aromatic rings. The maximum atomic E-state index is 12.2. The van der Waals surface area contributed by atoms with Crippen molar-refractivity contribution in [2.75, 3.05) is 37.9 Å². The maximum absolute atomic E-state index is 12.2. The summed E-state index contributed by atoms with van der Waals surface area (Å²) in [6, 6.07) is 13.7. The number of carbonyl (C=O) groups excluding carboxylic acids is 1. The van der Waals surface area contributed by atoms with E-state index >= 15 is 0 Å². The Kier molecular flexibility index (Phi) is 7.28. The van der Waals surface area contributed by atoms with Crippen molar-refractivity contribution in [2.45, 2.75) is 18.9 Å². The molecule has 0 aliphatic carbocycles. The quantitative estimate of drug-likeness (QED) is 0.322. The molecule has 2 N–H and O–H groups in total. The van der Waals surface area contributed by atoms with E-state index in [0.29, 0.717) is 28.8 Å². The van der Waals surface area contributed by atoms with Crippen LogP contribution in [0.2, 0.25) is 0 Å². The number of para-hydroxylation sites is 1. The van der Waals surface area contributed by atoms with Gasteiger partial charge in [0, 0.05) is 55.1 Å². The van der Waals surface area contributed by atoms with E-state index in [9.17, 15) is 4.79 Å². The highest BCUT2D eigenvalue weighted by Gasteiger charge is 2.22. The Morgan fingerprint density at radius 2 is 1.89 bits per heavy atom. The third-order valence-electron chi connectivity index (χ3n) is 6.78. The molecule has 1 amide bonds. The number of hydrogen-bond donors (Lipinski definition) is 2. The molecule has 1 fully saturated rings. The summed E-state index contributed by atoms with van der Waals surface area (Å²) < 4.78 is 14.1. The number of piperidine rings is 1. The van der Waals surface area contributed by atoms with Crippen LogP contribution in [0, 0.1) is 0 Å². The fourth-order valence-electron chi connectivity index (χ4n) is 4.72. The third kappa shape index (κ3) is 5.33. The number of fused-ring (bicyclic) bond motifs is 1. The summed E-state index contributed by atoms with van der Waals surface area (Å²) in [6.45, 7) is 5.49. The fourth-order valence-corrected chi connectivity index (χ4v) is 4.72. The van der Waals surface area contributed by atoms with Crippen molar-refractivity contribution >= 4 is 34.1 Å². The fraction of sp³-hybridized carbons (Fsp3) is 0.276. The van der Waals surface area contributed by atoms with Crippen molar-refractivity contribution in [2.24, 2.45) is 7.05 Å². The highest BCUT2D eigenvalue weighted by atomic mass is 16.5. The minimum Gasteiger partial charge on any atom is -0.494 e. The lowest BCUT2D eigenvalue weighted by molar-refractivity contribution is -0.111. The van der Waals surface area contributed by atoms with Crippen molar-refractivity contribution in [1.82, 2.24) is 19.4 Å². The molecule has 0 spiro atoms. The first-order valence-corrected chi connectivity index (χ1v) is 12.6. The number of nitrogens with one attached hydrogen (secondary N) is 2. The monoisotopic (exact) mass is 512 g/mol. The summed E-state index contributed by atoms with van der Waals surface area (Å²) in [5.41, 5.74) is 4.04. The molecule has 1 saturated heterocycles. The average molecular weight is 513 g/mol. The molecule has 9 nitrogen and oxygen atoms in total. The number of ether oxygens (including phenoxy) is 2. The Bertz CT molecular complexity index is 1470. The number of rotatable bonds is 8. The topological polar surface area (TPSA) is 93.5 Å². The normalized spacial score (nSPS) is 14.3. The van der Waals surface area contributed by atoms with Gasteiger partial charge < -0.3 is 29.6 Å². The largest absolute Gasteiger partial charge is 0.494 e. The Balaban J connectivity index is 1.47. The van der Waals surface area contributed by atoms with E-state index in [2.05, 4.69) is 57.0 Å². The number of aromatic nitrogens is 3. The van der Waals surface area contributed by atoms with E-state index < -0.39 is 0 Å². The van der Waals surface area contributed by atoms with E-state index in [-0.39, 0.29) is 12.0 Å². The number of methoxy groups -OCH3 is 1. The summed E-state index contributed by atoms with van der Waals surface area (Å²) in [5.74, 6) is 1.16. The number of carbonyl (C=O) groups is 1. The van der Waals surface area contributed by atoms with Gasteiger partial charge in [0.1, 0.15) is 17.6 Å². The van der Waals surface area contributed by atoms with Gasteiger partial charge in [0.2, 0.25) is 11.9 Å². The Labute approximate surface area is 222 Å². The molecular formula is C29H32N6O3. The lowest BCUT2D eigenvalue weighted by atomic mass is 10.1. The summed E-state index contributed by atoms with van der Waals surface area (Å²) in [4.78, 5) is 23.7. The van der Waals surface area contributed by atoms with E-state index in [1.54, 1.807) is 25.4 Å². The van der Waals surface area contributed by atoms with E-state index in [0.717, 1.165) is 48.1 Å². The molecule has 2 aromatic heterocycles. The minimum atomic E-state index is -0.330. The van der Waals surface area contributed by atoms with E-state index in [1.165, 1.54) is 6.08 Å². The van der Waals surface area contributed by atoms with Gasteiger partial charge in [-0.3, -0.25) is 4.79 Å². The number of anilines is 3. The summed E-state index contributed by atoms with van der Waals surface area (Å²) in [6.07, 6.45) is 6.87. The smallest absolute Gasteiger partial charge is 0.247 e. The first-order chi connectivity index (χ1) is 18.4. The molecule has 2 aromatic carbocycles. The van der Waals surface area contributed by atoms with Crippen LogP contribution < -0.4 is 20.1 Å². The number of likely N-dealkylation sites (tertiary alicyclic amines) is 1. The number of amides is 1. The second-order valence-corrected chi connectivity index (χ2v) is 9.42. The predicted octanol–water partition coefficient (Wildman–Crippen LogP) is 4.99. The highest BCUT2D eigenvalue weighted by Crippen LogP contribution is 2.39. The molecule has 1 aliphatic heterocycles. The van der Waals surface area contributed by atoms with Crippen LogP contribution in [0.4, 0.5) is 17.3 Å². The first-order valence-electron chi connectivity index (χ1n) is 12.6. The third-order valence-corrected chi connectivity index (χ3v) is 6.78. The molecular weight excluding hydrogens is 480 g/mol. The van der Waals surface area contributed by atoms with Crippen LogP contribution in [0.15, 0.2) is 67.5 Å². The lowest BCUT2D eigenvalue weighted by Gasteiger charge is -2.30. The Hall–Kier alpha value is -4.37. The van der Waals surface area contributed by atoms with Crippen LogP contribution in [0.5, 0.6) is 11.5 Å². The van der Waals surface area contributed by atoms with Crippen LogP contribution in [0.3, 0.4) is 0 Å². The molecule has 0 unspecified atom stereocenters. The second-order valence-electron chi connectivity index (χ2n) is 9.42. The second kappa shape index (κ2) is 10.9. The number of benzene rings is 2. The minimum absolute atomic E-state index is 0.0507. The van der Waals surface area contributed by atoms with Gasteiger partial charge in [0.15, 0.2) is 0 Å². The van der Waals surface area contributed by atoms with Crippen LogP contribution >= 0.6 is 0 Å². The number of aryl methyl sites for hydroxylation is 1. The Morgan fingerprint density at radius 3 is 2.66 bits per heavy atom. The van der Waals surface area contributed by atoms with Crippen LogP contribution in [0.25, 0.3) is 22.2 Å². The van der Waals surface area contributed by atoms with Gasteiger partial charge in [0.05, 0.1) is 24.2 Å². The van der Waals surface area contributed by atoms with Crippen molar-refractivity contribution in [3.05, 3.63) is 67.5 Å². The molecule has 0 atom stereocenters. The standard InChI is InChI=1S/C29H32N6O3/c1-5-28(36)31-24-16-23(26(37-4)17-27(24)38-19-11-14-34(2)15-12-19)33-29-30-13-10-22(32-29)21-18-35(3)25-9-7-6-8-20(21)25/h5-10,13,16-19H,1,11-12,14-15H2,2-4H3,(H,31,36)(H,30,32,33). The molecule has 38 heavy (non-hydrogen) atoms. The molecule has 3 heterocycles. The van der Waals surface area contributed by atoms with Crippen molar-refractivity contribution in [3.63, 3.8) is 0 Å². The van der Waals surface area contributed by atoms with Crippen LogP contribution in [-0.4, -0.2) is 58.7 Å². The molecule has 9 heteroatoms. The summed E-state index contributed by atoms with van der Waals surface area (Å²) in [7, 11) is 5.72. The zero-order valence-electron chi connectivity index (χ0n) is 21.9. The van der Waals surface area contributed by atoms with Gasteiger partial charge >= 0.3 is 0 Å². The summed E-state index contributed by atoms with van der Waals surface area (Å²) in [5, 5.41) is 7.24. The maximum Gasteiger partial charge on any atom is 0.247 e. The van der Waals surface area contributed by atoms with Gasteiger partial charge in [-0.25, -0.2) is 9.97 Å². The molecule has 0 bridgehead atoms. The van der Waals surface area contributed by atoms with Crippen molar-refractivity contribution < 1.29 is 14.3 Å². The zero-order valence-corrected chi connectivity index (χ0v) is 21.9. The lowest BCUT2D eigenvalue weighted by Crippen LogP contribution is -2.35. The summed E-state index contributed by atoms with van der Waals surface area (Å²) >= 11 is 0. The SMILES string of the molecule is C=CC(=O)Nc1cc(Nc2nccc(-c3cn(C)c4ccccc34)n2)c(OC)cc1OC1CCN(C)CC1. The average Bonchev–Trinajstić information content (AvgIpc) is 3.27. The van der Waals surface area contributed by atoms with Gasteiger partial charge in [-0.05, 0) is 44.2 Å². The molecule has 1 aliphatic rings. The Morgan fingerprint density at radius 1 is 1.11 bits per heavy atom. The molecule has 0 saturated carbocycles. The van der Waals surface area contributed by atoms with Crippen molar-refractivity contribution in [1.29, 1.82) is 0 Å². The van der Waals surface area contributed by atoms with E-state index in [4.69, 9.17) is 14.5 Å². The van der Waals surface area contributed by atoms with Gasteiger partial charge in [-0.15, -0.1) is 0 Å². The van der Waals surface area contributed by atoms with Crippen molar-refractivity contribution in [3.8, 4) is 22.8 Å². The van der Waals surface area contributed by atoms with Crippen LogP contribution in [0.1, 0.15) is 12.8 Å². The highest BCUT2D eigenvalue weighted by molar-refractivity contribution is 6.00. The van der Waals surface area contributed by atoms with Gasteiger partial charge in [-0.2, -0.15) is 0 Å². The molecule has 196 valence electrons.